The van der Waals surface area contributed by atoms with Gasteiger partial charge < -0.3 is 20.3 Å². The number of aliphatic hydroxyl groups is 1. The molecule has 27 heavy (non-hydrogen) atoms. The van der Waals surface area contributed by atoms with Gasteiger partial charge in [0, 0.05) is 18.0 Å². The number of rotatable bonds is 6. The summed E-state index contributed by atoms with van der Waals surface area (Å²) in [7, 11) is 0. The Balaban J connectivity index is 1.61. The number of aliphatic hydroxyl groups excluding tert-OH is 1. The van der Waals surface area contributed by atoms with E-state index >= 15 is 0 Å². The molecule has 1 saturated carbocycles. The van der Waals surface area contributed by atoms with Crippen molar-refractivity contribution in [2.75, 3.05) is 6.61 Å². The molecular weight excluding hydrogens is 338 g/mol. The number of nitrogens with two attached hydrogens (primary N) is 1. The number of hydrogen-bond donors (Lipinski definition) is 2. The Morgan fingerprint density at radius 3 is 2.70 bits per heavy atom. The van der Waals surface area contributed by atoms with Crippen LogP contribution in [0.3, 0.4) is 0 Å². The summed E-state index contributed by atoms with van der Waals surface area (Å²) < 4.78 is 11.9. The van der Waals surface area contributed by atoms with E-state index in [1.807, 2.05) is 24.3 Å². The molecule has 1 aliphatic heterocycles. The van der Waals surface area contributed by atoms with E-state index in [1.54, 1.807) is 0 Å². The van der Waals surface area contributed by atoms with E-state index in [0.717, 1.165) is 30.9 Å². The van der Waals surface area contributed by atoms with Gasteiger partial charge in [-0.15, -0.1) is 0 Å². The number of fused-ring (bicyclic) bond motifs is 1. The summed E-state index contributed by atoms with van der Waals surface area (Å²) in [5.41, 5.74) is 7.40. The second-order valence-electron chi connectivity index (χ2n) is 8.59. The third-order valence-corrected chi connectivity index (χ3v) is 6.52. The van der Waals surface area contributed by atoms with Crippen LogP contribution in [0.1, 0.15) is 51.5 Å². The molecular formula is C23H35NO3. The molecule has 2 fully saturated rings. The summed E-state index contributed by atoms with van der Waals surface area (Å²) in [6.45, 7) is 8.86. The molecule has 0 bridgehead atoms. The van der Waals surface area contributed by atoms with Crippen LogP contribution in [0, 0.1) is 23.7 Å². The second kappa shape index (κ2) is 9.11. The van der Waals surface area contributed by atoms with Gasteiger partial charge in [0.05, 0.1) is 12.7 Å². The maximum atomic E-state index is 10.8. The predicted molar refractivity (Wildman–Crippen MR) is 108 cm³/mol. The molecule has 2 unspecified atom stereocenters. The smallest absolute Gasteiger partial charge is 0.200 e. The Bertz CT molecular complexity index is 615. The first-order chi connectivity index (χ1) is 12.9. The van der Waals surface area contributed by atoms with E-state index < -0.39 is 6.29 Å². The van der Waals surface area contributed by atoms with Crippen molar-refractivity contribution in [1.82, 2.24) is 0 Å². The first-order valence-electron chi connectivity index (χ1n) is 10.4. The Labute approximate surface area is 163 Å². The van der Waals surface area contributed by atoms with Crippen molar-refractivity contribution >= 4 is 0 Å². The fraction of sp³-hybridized carbons (Fsp3) is 0.652. The van der Waals surface area contributed by atoms with Crippen LogP contribution in [0.5, 0.6) is 5.75 Å². The lowest BCUT2D eigenvalue weighted by molar-refractivity contribution is -0.0997. The Kier molecular flexibility index (Phi) is 6.83. The van der Waals surface area contributed by atoms with Gasteiger partial charge in [-0.2, -0.15) is 0 Å². The average molecular weight is 374 g/mol. The van der Waals surface area contributed by atoms with Crippen LogP contribution >= 0.6 is 0 Å². The summed E-state index contributed by atoms with van der Waals surface area (Å²) in [6, 6.07) is 7.74. The quantitative estimate of drug-likeness (QED) is 0.731. The molecule has 0 spiro atoms. The van der Waals surface area contributed by atoms with E-state index in [9.17, 15) is 5.11 Å². The lowest BCUT2D eigenvalue weighted by atomic mass is 9.66. The highest BCUT2D eigenvalue weighted by Gasteiger charge is 2.40. The molecule has 1 saturated heterocycles. The van der Waals surface area contributed by atoms with Gasteiger partial charge in [0.25, 0.3) is 0 Å². The fourth-order valence-electron chi connectivity index (χ4n) is 4.88. The molecule has 4 heteroatoms. The maximum Gasteiger partial charge on any atom is 0.200 e. The summed E-state index contributed by atoms with van der Waals surface area (Å²) in [5, 5.41) is 10.8. The van der Waals surface area contributed by atoms with E-state index in [-0.39, 0.29) is 5.92 Å². The molecule has 1 heterocycles. The van der Waals surface area contributed by atoms with Gasteiger partial charge in [-0.25, -0.2) is 0 Å². The van der Waals surface area contributed by atoms with E-state index in [4.69, 9.17) is 15.2 Å². The fourth-order valence-corrected chi connectivity index (χ4v) is 4.88. The van der Waals surface area contributed by atoms with Crippen LogP contribution in [0.15, 0.2) is 36.5 Å². The molecule has 0 amide bonds. The van der Waals surface area contributed by atoms with Gasteiger partial charge in [-0.1, -0.05) is 38.5 Å². The Morgan fingerprint density at radius 2 is 2.00 bits per heavy atom. The molecule has 150 valence electrons. The summed E-state index contributed by atoms with van der Waals surface area (Å²) >= 11 is 0. The minimum atomic E-state index is -0.801. The highest BCUT2D eigenvalue weighted by molar-refractivity contribution is 5.29. The Hall–Kier alpha value is -1.52. The molecule has 1 aromatic rings. The highest BCUT2D eigenvalue weighted by atomic mass is 16.6. The standard InChI is InChI=1S/C23H35NO3/c1-15(24)13-18-8-11-20(12-9-18)27-23(25)17(3)21-6-4-5-19-10-7-16(2)26-14-22(19)21/h8-9,11-12,16-17,19,21-23,25H,1,4-7,10,13-14,24H2,2-3H3/t16?,17-,19-,21+,22?,23-/m1/s1. The molecule has 3 N–H and O–H groups in total. The van der Waals surface area contributed by atoms with Gasteiger partial charge >= 0.3 is 0 Å². The molecule has 6 atom stereocenters. The molecule has 4 nitrogen and oxygen atoms in total. The van der Waals surface area contributed by atoms with Crippen molar-refractivity contribution in [2.45, 2.75) is 64.8 Å². The van der Waals surface area contributed by atoms with Crippen LogP contribution in [0.2, 0.25) is 0 Å². The van der Waals surface area contributed by atoms with Crippen molar-refractivity contribution in [2.24, 2.45) is 29.4 Å². The van der Waals surface area contributed by atoms with Crippen LogP contribution < -0.4 is 10.5 Å². The van der Waals surface area contributed by atoms with Gasteiger partial charge in [0.2, 0.25) is 0 Å². The third kappa shape index (κ3) is 5.26. The van der Waals surface area contributed by atoms with E-state index in [2.05, 4.69) is 20.4 Å². The molecule has 0 aromatic heterocycles. The number of allylic oxidation sites excluding steroid dienone is 1. The zero-order valence-electron chi connectivity index (χ0n) is 16.8. The van der Waals surface area contributed by atoms with E-state index in [0.29, 0.717) is 35.8 Å². The van der Waals surface area contributed by atoms with Crippen LogP contribution in [-0.4, -0.2) is 24.1 Å². The number of hydrogen-bond acceptors (Lipinski definition) is 4. The largest absolute Gasteiger partial charge is 0.465 e. The molecule has 1 aromatic carbocycles. The minimum absolute atomic E-state index is 0.0818. The van der Waals surface area contributed by atoms with Gasteiger partial charge in [-0.3, -0.25) is 0 Å². The minimum Gasteiger partial charge on any atom is -0.465 e. The average Bonchev–Trinajstić information content (AvgIpc) is 2.84. The van der Waals surface area contributed by atoms with Crippen molar-refractivity contribution in [1.29, 1.82) is 0 Å². The van der Waals surface area contributed by atoms with Crippen LogP contribution in [0.25, 0.3) is 0 Å². The zero-order chi connectivity index (χ0) is 19.4. The van der Waals surface area contributed by atoms with Crippen molar-refractivity contribution < 1.29 is 14.6 Å². The number of ether oxygens (including phenoxy) is 2. The molecule has 1 aliphatic carbocycles. The van der Waals surface area contributed by atoms with Crippen LogP contribution in [0.4, 0.5) is 0 Å². The van der Waals surface area contributed by atoms with Gasteiger partial charge in [0.15, 0.2) is 6.29 Å². The van der Waals surface area contributed by atoms with Crippen molar-refractivity contribution in [3.63, 3.8) is 0 Å². The number of benzene rings is 1. The molecule has 3 rings (SSSR count). The SMILES string of the molecule is C=C(N)Cc1ccc(O[C@@H](O)[C@H](C)[C@@H]2CCC[C@@H]3CCC(C)OCC32)cc1. The van der Waals surface area contributed by atoms with Gasteiger partial charge in [0.1, 0.15) is 5.75 Å². The second-order valence-corrected chi connectivity index (χ2v) is 8.59. The Morgan fingerprint density at radius 1 is 1.26 bits per heavy atom. The first-order valence-corrected chi connectivity index (χ1v) is 10.4. The summed E-state index contributed by atoms with van der Waals surface area (Å²) in [6.07, 6.45) is 6.31. The van der Waals surface area contributed by atoms with Crippen LogP contribution in [-0.2, 0) is 11.2 Å². The lowest BCUT2D eigenvalue weighted by Crippen LogP contribution is -2.40. The van der Waals surface area contributed by atoms with Crippen molar-refractivity contribution in [3.05, 3.63) is 42.1 Å². The van der Waals surface area contributed by atoms with Crippen molar-refractivity contribution in [3.8, 4) is 5.75 Å². The monoisotopic (exact) mass is 373 g/mol. The lowest BCUT2D eigenvalue weighted by Gasteiger charge is -2.41. The zero-order valence-corrected chi connectivity index (χ0v) is 16.8. The molecule has 2 aliphatic rings. The maximum absolute atomic E-state index is 10.8. The third-order valence-electron chi connectivity index (χ3n) is 6.52. The topological polar surface area (TPSA) is 64.7 Å². The van der Waals surface area contributed by atoms with Gasteiger partial charge in [-0.05, 0) is 61.6 Å². The summed E-state index contributed by atoms with van der Waals surface area (Å²) in [5.74, 6) is 2.49. The molecule has 0 radical (unpaired) electrons. The highest BCUT2D eigenvalue weighted by Crippen LogP contribution is 2.44. The van der Waals surface area contributed by atoms with E-state index in [1.165, 1.54) is 19.3 Å². The normalized spacial score (nSPS) is 30.6. The first kappa shape index (κ1) is 20.2. The predicted octanol–water partition coefficient (Wildman–Crippen LogP) is 4.27. The summed E-state index contributed by atoms with van der Waals surface area (Å²) in [4.78, 5) is 0.